The number of fused-ring (bicyclic) bond motifs is 1. The number of aromatic nitrogens is 2. The minimum Gasteiger partial charge on any atom is -0.480 e. The number of methoxy groups -OCH3 is 2. The molecule has 0 atom stereocenters. The molecule has 2 amide bonds. The minimum absolute atomic E-state index is 0.120. The summed E-state index contributed by atoms with van der Waals surface area (Å²) < 4.78 is 16.0. The van der Waals surface area contributed by atoms with Gasteiger partial charge in [-0.3, -0.25) is 9.69 Å². The van der Waals surface area contributed by atoms with Crippen molar-refractivity contribution in [2.75, 3.05) is 53.5 Å². The van der Waals surface area contributed by atoms with Gasteiger partial charge in [0.05, 0.1) is 17.4 Å². The van der Waals surface area contributed by atoms with E-state index in [1.807, 2.05) is 27.7 Å². The second-order valence-electron chi connectivity index (χ2n) is 9.24. The van der Waals surface area contributed by atoms with Crippen molar-refractivity contribution < 1.29 is 23.8 Å². The van der Waals surface area contributed by atoms with Gasteiger partial charge >= 0.3 is 6.09 Å². The second kappa shape index (κ2) is 11.3. The molecule has 34 heavy (non-hydrogen) atoms. The third-order valence-electron chi connectivity index (χ3n) is 5.44. The van der Waals surface area contributed by atoms with E-state index >= 15 is 0 Å². The van der Waals surface area contributed by atoms with E-state index in [0.717, 1.165) is 37.0 Å². The zero-order valence-corrected chi connectivity index (χ0v) is 21.7. The fraction of sp³-hybridized carbons (Fsp3) is 0.652. The molecule has 11 heteroatoms. The molecule has 1 saturated heterocycles. The van der Waals surface area contributed by atoms with E-state index in [0.29, 0.717) is 41.0 Å². The molecule has 0 unspecified atom stereocenters. The zero-order chi connectivity index (χ0) is 24.9. The number of rotatable bonds is 8. The van der Waals surface area contributed by atoms with Crippen LogP contribution in [-0.4, -0.2) is 90.9 Å². The van der Waals surface area contributed by atoms with Crippen molar-refractivity contribution in [2.24, 2.45) is 0 Å². The average Bonchev–Trinajstić information content (AvgIpc) is 3.12. The number of thiophene rings is 1. The highest BCUT2D eigenvalue weighted by atomic mass is 32.1. The van der Waals surface area contributed by atoms with Gasteiger partial charge in [0.15, 0.2) is 5.82 Å². The third-order valence-corrected chi connectivity index (χ3v) is 6.62. The summed E-state index contributed by atoms with van der Waals surface area (Å²) in [6.07, 6.45) is 0.567. The number of piperazine rings is 1. The fourth-order valence-corrected chi connectivity index (χ4v) is 4.87. The first-order valence-corrected chi connectivity index (χ1v) is 12.3. The number of ether oxygens (including phenoxy) is 3. The highest BCUT2D eigenvalue weighted by molar-refractivity contribution is 7.20. The number of hydrogen-bond donors (Lipinski definition) is 1. The van der Waals surface area contributed by atoms with Gasteiger partial charge in [0.2, 0.25) is 5.88 Å². The first-order valence-electron chi connectivity index (χ1n) is 11.4. The first kappa shape index (κ1) is 26.1. The summed E-state index contributed by atoms with van der Waals surface area (Å²) in [6.45, 7) is 12.1. The largest absolute Gasteiger partial charge is 0.480 e. The Bertz CT molecular complexity index is 1010. The third kappa shape index (κ3) is 6.55. The number of hydrogen-bond acceptors (Lipinski definition) is 9. The lowest BCUT2D eigenvalue weighted by molar-refractivity contribution is 0.0144. The molecule has 1 N–H and O–H groups in total. The summed E-state index contributed by atoms with van der Waals surface area (Å²) >= 11 is 1.34. The van der Waals surface area contributed by atoms with E-state index in [2.05, 4.69) is 20.2 Å². The summed E-state index contributed by atoms with van der Waals surface area (Å²) in [6, 6.07) is 0. The molecule has 0 bridgehead atoms. The molecule has 0 saturated carbocycles. The van der Waals surface area contributed by atoms with Crippen molar-refractivity contribution in [1.29, 1.82) is 0 Å². The van der Waals surface area contributed by atoms with E-state index in [-0.39, 0.29) is 18.6 Å². The van der Waals surface area contributed by atoms with Crippen LogP contribution in [0.15, 0.2) is 0 Å². The van der Waals surface area contributed by atoms with Crippen molar-refractivity contribution in [3.8, 4) is 5.88 Å². The number of amides is 2. The normalized spacial score (nSPS) is 14.9. The van der Waals surface area contributed by atoms with E-state index in [1.165, 1.54) is 11.3 Å². The Hall–Kier alpha value is -2.50. The Balaban J connectivity index is 1.48. The van der Waals surface area contributed by atoms with Gasteiger partial charge in [0.25, 0.3) is 5.91 Å². The van der Waals surface area contributed by atoms with Gasteiger partial charge in [-0.1, -0.05) is 0 Å². The van der Waals surface area contributed by atoms with Gasteiger partial charge in [-0.15, -0.1) is 11.3 Å². The lowest BCUT2D eigenvalue weighted by Crippen LogP contribution is -2.50. The van der Waals surface area contributed by atoms with Crippen molar-refractivity contribution in [1.82, 2.24) is 25.1 Å². The Labute approximate surface area is 204 Å². The maximum Gasteiger partial charge on any atom is 0.410 e. The van der Waals surface area contributed by atoms with Crippen molar-refractivity contribution in [3.63, 3.8) is 0 Å². The maximum atomic E-state index is 12.8. The Morgan fingerprint density at radius 2 is 1.82 bits per heavy atom. The molecule has 2 aromatic rings. The SMILES string of the molecule is COCc1nc(OC)c2c(C)c(C(=O)NCCCN3CCN(C(=O)OC(C)(C)C)CC3)sc2n1. The summed E-state index contributed by atoms with van der Waals surface area (Å²) in [5.41, 5.74) is 0.333. The van der Waals surface area contributed by atoms with Crippen LogP contribution in [-0.2, 0) is 16.1 Å². The second-order valence-corrected chi connectivity index (χ2v) is 10.2. The predicted octanol–water partition coefficient (Wildman–Crippen LogP) is 2.83. The molecule has 0 aromatic carbocycles. The average molecular weight is 494 g/mol. The quantitative estimate of drug-likeness (QED) is 0.560. The summed E-state index contributed by atoms with van der Waals surface area (Å²) in [7, 11) is 3.14. The van der Waals surface area contributed by atoms with Gasteiger partial charge < -0.3 is 24.4 Å². The molecule has 0 radical (unpaired) electrons. The first-order chi connectivity index (χ1) is 16.1. The highest BCUT2D eigenvalue weighted by Gasteiger charge is 2.26. The maximum absolute atomic E-state index is 12.8. The van der Waals surface area contributed by atoms with E-state index in [9.17, 15) is 9.59 Å². The van der Waals surface area contributed by atoms with Crippen molar-refractivity contribution >= 4 is 33.6 Å². The van der Waals surface area contributed by atoms with Crippen LogP contribution in [0, 0.1) is 6.92 Å². The summed E-state index contributed by atoms with van der Waals surface area (Å²) in [4.78, 5) is 39.3. The molecule has 0 spiro atoms. The van der Waals surface area contributed by atoms with Gasteiger partial charge in [-0.2, -0.15) is 4.98 Å². The summed E-state index contributed by atoms with van der Waals surface area (Å²) in [5.74, 6) is 0.854. The lowest BCUT2D eigenvalue weighted by Gasteiger charge is -2.35. The van der Waals surface area contributed by atoms with Crippen LogP contribution >= 0.6 is 11.3 Å². The zero-order valence-electron chi connectivity index (χ0n) is 20.9. The van der Waals surface area contributed by atoms with E-state index in [1.54, 1.807) is 19.1 Å². The molecule has 0 aliphatic carbocycles. The van der Waals surface area contributed by atoms with Crippen molar-refractivity contribution in [2.45, 2.75) is 46.3 Å². The van der Waals surface area contributed by atoms with Crippen LogP contribution in [0.3, 0.4) is 0 Å². The lowest BCUT2D eigenvalue weighted by atomic mass is 10.2. The van der Waals surface area contributed by atoms with Gasteiger partial charge in [0.1, 0.15) is 17.0 Å². The molecular weight excluding hydrogens is 458 g/mol. The van der Waals surface area contributed by atoms with Crippen LogP contribution in [0.1, 0.15) is 48.3 Å². The number of carbonyl (C=O) groups excluding carboxylic acids is 2. The van der Waals surface area contributed by atoms with Gasteiger partial charge in [-0.05, 0) is 46.2 Å². The van der Waals surface area contributed by atoms with Crippen LogP contribution in [0.2, 0.25) is 0 Å². The molecular formula is C23H35N5O5S. The number of nitrogens with one attached hydrogen (secondary N) is 1. The number of carbonyl (C=O) groups is 2. The number of nitrogens with zero attached hydrogens (tertiary/aromatic N) is 4. The standard InChI is InChI=1S/C23H35N5O5S/c1-15-17-20(32-6)25-16(14-31-5)26-21(17)34-18(15)19(29)24-8-7-9-27-10-12-28(13-11-27)22(30)33-23(2,3)4/h7-14H2,1-6H3,(H,24,29). The minimum atomic E-state index is -0.483. The van der Waals surface area contributed by atoms with Crippen LogP contribution in [0.25, 0.3) is 10.2 Å². The Kier molecular flexibility index (Phi) is 8.67. The smallest absolute Gasteiger partial charge is 0.410 e. The Morgan fingerprint density at radius 3 is 2.44 bits per heavy atom. The van der Waals surface area contributed by atoms with E-state index < -0.39 is 5.60 Å². The predicted molar refractivity (Wildman–Crippen MR) is 131 cm³/mol. The van der Waals surface area contributed by atoms with Crippen LogP contribution in [0.4, 0.5) is 4.79 Å². The molecule has 1 aliphatic heterocycles. The fourth-order valence-electron chi connectivity index (χ4n) is 3.77. The molecule has 1 aliphatic rings. The van der Waals surface area contributed by atoms with Gasteiger partial charge in [-0.25, -0.2) is 9.78 Å². The highest BCUT2D eigenvalue weighted by Crippen LogP contribution is 2.35. The molecule has 3 heterocycles. The Morgan fingerprint density at radius 1 is 1.12 bits per heavy atom. The van der Waals surface area contributed by atoms with E-state index in [4.69, 9.17) is 14.2 Å². The monoisotopic (exact) mass is 493 g/mol. The van der Waals surface area contributed by atoms with Crippen LogP contribution < -0.4 is 10.1 Å². The molecule has 1 fully saturated rings. The molecule has 3 rings (SSSR count). The summed E-state index contributed by atoms with van der Waals surface area (Å²) in [5, 5.41) is 3.78. The van der Waals surface area contributed by atoms with Crippen LogP contribution in [0.5, 0.6) is 5.88 Å². The molecule has 2 aromatic heterocycles. The van der Waals surface area contributed by atoms with Gasteiger partial charge in [0, 0.05) is 39.8 Å². The molecule has 188 valence electrons. The topological polar surface area (TPSA) is 106 Å². The molecule has 10 nitrogen and oxygen atoms in total. The number of aryl methyl sites for hydroxylation is 1. The van der Waals surface area contributed by atoms with Crippen molar-refractivity contribution in [3.05, 3.63) is 16.3 Å².